The molecular formula is C19H23FN2O. The summed E-state index contributed by atoms with van der Waals surface area (Å²) in [7, 11) is 1.69. The molecule has 3 rings (SSSR count). The Morgan fingerprint density at radius 1 is 0.870 bits per heavy atom. The van der Waals surface area contributed by atoms with Crippen LogP contribution in [0.2, 0.25) is 0 Å². The minimum Gasteiger partial charge on any atom is -0.497 e. The number of rotatable bonds is 5. The largest absolute Gasteiger partial charge is 0.497 e. The minimum atomic E-state index is -0.152. The van der Waals surface area contributed by atoms with Crippen molar-refractivity contribution in [1.29, 1.82) is 0 Å². The highest BCUT2D eigenvalue weighted by Crippen LogP contribution is 2.15. The number of benzene rings is 2. The molecule has 2 aromatic carbocycles. The van der Waals surface area contributed by atoms with Crippen LogP contribution in [0.5, 0.6) is 5.75 Å². The van der Waals surface area contributed by atoms with Gasteiger partial charge in [-0.15, -0.1) is 0 Å². The van der Waals surface area contributed by atoms with E-state index in [4.69, 9.17) is 4.74 Å². The predicted molar refractivity (Wildman–Crippen MR) is 89.9 cm³/mol. The molecule has 2 aromatic rings. The molecule has 0 aromatic heterocycles. The van der Waals surface area contributed by atoms with E-state index in [-0.39, 0.29) is 5.82 Å². The van der Waals surface area contributed by atoms with Gasteiger partial charge in [0.1, 0.15) is 11.6 Å². The number of halogens is 1. The van der Waals surface area contributed by atoms with Crippen LogP contribution in [-0.2, 0) is 13.1 Å². The molecule has 0 saturated carbocycles. The number of hydrogen-bond donors (Lipinski definition) is 0. The van der Waals surface area contributed by atoms with Crippen molar-refractivity contribution >= 4 is 0 Å². The molecule has 0 spiro atoms. The number of nitrogens with zero attached hydrogens (tertiary/aromatic N) is 2. The first-order chi connectivity index (χ1) is 11.2. The van der Waals surface area contributed by atoms with E-state index in [1.807, 2.05) is 18.2 Å². The average Bonchev–Trinajstić information content (AvgIpc) is 2.57. The lowest BCUT2D eigenvalue weighted by Crippen LogP contribution is -2.45. The van der Waals surface area contributed by atoms with Crippen LogP contribution in [0, 0.1) is 5.82 Å². The fraction of sp³-hybridized carbons (Fsp3) is 0.368. The third-order valence-corrected chi connectivity index (χ3v) is 4.33. The SMILES string of the molecule is COc1ccc(CN2CCN(Cc3cccc(F)c3)CC2)cc1. The summed E-state index contributed by atoms with van der Waals surface area (Å²) in [4.78, 5) is 4.85. The van der Waals surface area contributed by atoms with Crippen molar-refractivity contribution in [3.05, 3.63) is 65.5 Å². The molecule has 0 amide bonds. The van der Waals surface area contributed by atoms with Gasteiger partial charge in [-0.25, -0.2) is 4.39 Å². The van der Waals surface area contributed by atoms with Gasteiger partial charge in [0.2, 0.25) is 0 Å². The van der Waals surface area contributed by atoms with Crippen LogP contribution in [-0.4, -0.2) is 43.1 Å². The molecule has 122 valence electrons. The monoisotopic (exact) mass is 314 g/mol. The van der Waals surface area contributed by atoms with Crippen LogP contribution in [0.4, 0.5) is 4.39 Å². The Hall–Kier alpha value is -1.91. The summed E-state index contributed by atoms with van der Waals surface area (Å²) in [6.45, 7) is 5.92. The van der Waals surface area contributed by atoms with Crippen LogP contribution >= 0.6 is 0 Å². The van der Waals surface area contributed by atoms with E-state index in [1.54, 1.807) is 19.2 Å². The smallest absolute Gasteiger partial charge is 0.123 e. The highest BCUT2D eigenvalue weighted by atomic mass is 19.1. The highest BCUT2D eigenvalue weighted by Gasteiger charge is 2.17. The molecule has 1 heterocycles. The van der Waals surface area contributed by atoms with E-state index < -0.39 is 0 Å². The molecule has 1 aliphatic heterocycles. The second-order valence-corrected chi connectivity index (χ2v) is 6.03. The molecular weight excluding hydrogens is 291 g/mol. The summed E-state index contributed by atoms with van der Waals surface area (Å²) < 4.78 is 18.4. The first-order valence-corrected chi connectivity index (χ1v) is 8.05. The number of hydrogen-bond acceptors (Lipinski definition) is 3. The van der Waals surface area contributed by atoms with Gasteiger partial charge in [0.15, 0.2) is 0 Å². The van der Waals surface area contributed by atoms with Crippen molar-refractivity contribution in [3.8, 4) is 5.75 Å². The van der Waals surface area contributed by atoms with Crippen molar-refractivity contribution in [3.63, 3.8) is 0 Å². The first kappa shape index (κ1) is 16.0. The fourth-order valence-electron chi connectivity index (χ4n) is 2.99. The maximum Gasteiger partial charge on any atom is 0.123 e. The zero-order chi connectivity index (χ0) is 16.1. The van der Waals surface area contributed by atoms with Gasteiger partial charge in [0.05, 0.1) is 7.11 Å². The molecule has 0 aliphatic carbocycles. The molecule has 0 bridgehead atoms. The average molecular weight is 314 g/mol. The van der Waals surface area contributed by atoms with E-state index >= 15 is 0 Å². The Balaban J connectivity index is 1.48. The number of methoxy groups -OCH3 is 1. The third kappa shape index (κ3) is 4.53. The number of piperazine rings is 1. The van der Waals surface area contributed by atoms with Gasteiger partial charge >= 0.3 is 0 Å². The standard InChI is InChI=1S/C19H23FN2O/c1-23-19-7-5-16(6-8-19)14-21-9-11-22(12-10-21)15-17-3-2-4-18(20)13-17/h2-8,13H,9-12,14-15H2,1H3. The second kappa shape index (κ2) is 7.57. The van der Waals surface area contributed by atoms with Gasteiger partial charge in [-0.05, 0) is 35.4 Å². The van der Waals surface area contributed by atoms with E-state index in [1.165, 1.54) is 11.6 Å². The molecule has 0 unspecified atom stereocenters. The van der Waals surface area contributed by atoms with Gasteiger partial charge in [-0.2, -0.15) is 0 Å². The quantitative estimate of drug-likeness (QED) is 0.843. The Kier molecular flexibility index (Phi) is 5.26. The van der Waals surface area contributed by atoms with Crippen molar-refractivity contribution in [2.45, 2.75) is 13.1 Å². The molecule has 3 nitrogen and oxygen atoms in total. The van der Waals surface area contributed by atoms with Crippen LogP contribution < -0.4 is 4.74 Å². The number of ether oxygens (including phenoxy) is 1. The Labute approximate surface area is 137 Å². The Bertz CT molecular complexity index is 622. The predicted octanol–water partition coefficient (Wildman–Crippen LogP) is 3.15. The molecule has 0 atom stereocenters. The summed E-state index contributed by atoms with van der Waals surface area (Å²) in [6, 6.07) is 15.2. The van der Waals surface area contributed by atoms with Crippen molar-refractivity contribution in [2.24, 2.45) is 0 Å². The lowest BCUT2D eigenvalue weighted by Gasteiger charge is -2.34. The van der Waals surface area contributed by atoms with Crippen molar-refractivity contribution < 1.29 is 9.13 Å². The molecule has 23 heavy (non-hydrogen) atoms. The van der Waals surface area contributed by atoms with Crippen LogP contribution in [0.15, 0.2) is 48.5 Å². The van der Waals surface area contributed by atoms with Gasteiger partial charge in [-0.1, -0.05) is 24.3 Å². The van der Waals surface area contributed by atoms with Gasteiger partial charge in [0.25, 0.3) is 0 Å². The van der Waals surface area contributed by atoms with Crippen LogP contribution in [0.3, 0.4) is 0 Å². The maximum absolute atomic E-state index is 13.2. The topological polar surface area (TPSA) is 15.7 Å². The molecule has 1 aliphatic rings. The minimum absolute atomic E-state index is 0.152. The molecule has 0 N–H and O–H groups in total. The summed E-state index contributed by atoms with van der Waals surface area (Å²) in [5, 5.41) is 0. The van der Waals surface area contributed by atoms with Crippen LogP contribution in [0.25, 0.3) is 0 Å². The third-order valence-electron chi connectivity index (χ3n) is 4.33. The fourth-order valence-corrected chi connectivity index (χ4v) is 2.99. The molecule has 0 radical (unpaired) electrons. The molecule has 1 saturated heterocycles. The van der Waals surface area contributed by atoms with E-state index in [2.05, 4.69) is 21.9 Å². The summed E-state index contributed by atoms with van der Waals surface area (Å²) in [5.74, 6) is 0.745. The van der Waals surface area contributed by atoms with Gasteiger partial charge < -0.3 is 4.74 Å². The highest BCUT2D eigenvalue weighted by molar-refractivity contribution is 5.27. The van der Waals surface area contributed by atoms with E-state index in [9.17, 15) is 4.39 Å². The zero-order valence-corrected chi connectivity index (χ0v) is 13.5. The first-order valence-electron chi connectivity index (χ1n) is 8.05. The van der Waals surface area contributed by atoms with E-state index in [0.29, 0.717) is 0 Å². The summed E-state index contributed by atoms with van der Waals surface area (Å²) in [5.41, 5.74) is 2.36. The lowest BCUT2D eigenvalue weighted by atomic mass is 10.1. The zero-order valence-electron chi connectivity index (χ0n) is 13.5. The Morgan fingerprint density at radius 3 is 2.04 bits per heavy atom. The van der Waals surface area contributed by atoms with Crippen LogP contribution in [0.1, 0.15) is 11.1 Å². The lowest BCUT2D eigenvalue weighted by molar-refractivity contribution is 0.122. The van der Waals surface area contributed by atoms with Crippen molar-refractivity contribution in [2.75, 3.05) is 33.3 Å². The summed E-state index contributed by atoms with van der Waals surface area (Å²) >= 11 is 0. The Morgan fingerprint density at radius 2 is 1.48 bits per heavy atom. The van der Waals surface area contributed by atoms with Gasteiger partial charge in [0, 0.05) is 39.3 Å². The van der Waals surface area contributed by atoms with Gasteiger partial charge in [-0.3, -0.25) is 9.80 Å². The maximum atomic E-state index is 13.2. The molecule has 4 heteroatoms. The normalized spacial score (nSPS) is 16.4. The van der Waals surface area contributed by atoms with Crippen molar-refractivity contribution in [1.82, 2.24) is 9.80 Å². The second-order valence-electron chi connectivity index (χ2n) is 6.03. The van der Waals surface area contributed by atoms with E-state index in [0.717, 1.165) is 50.6 Å². The summed E-state index contributed by atoms with van der Waals surface area (Å²) in [6.07, 6.45) is 0. The molecule has 1 fully saturated rings.